The van der Waals surface area contributed by atoms with Crippen LogP contribution >= 0.6 is 0 Å². The first-order chi connectivity index (χ1) is 8.51. The highest BCUT2D eigenvalue weighted by Gasteiger charge is 2.35. The summed E-state index contributed by atoms with van der Waals surface area (Å²) in [5, 5.41) is 3.22. The smallest absolute Gasteiger partial charge is 0.275 e. The molecular formula is C14H19F2NO. The number of nitrogens with one attached hydrogen (secondary N) is 1. The molecule has 1 unspecified atom stereocenters. The molecule has 2 nitrogen and oxygen atoms in total. The molecule has 0 aromatic heterocycles. The number of benzene rings is 1. The first-order valence-electron chi connectivity index (χ1n) is 6.32. The lowest BCUT2D eigenvalue weighted by molar-refractivity contribution is -0.0514. The quantitative estimate of drug-likeness (QED) is 0.896. The molecule has 0 bridgehead atoms. The molecule has 1 saturated heterocycles. The normalized spacial score (nSPS) is 21.3. The van der Waals surface area contributed by atoms with Gasteiger partial charge in [-0.1, -0.05) is 38.1 Å². The second-order valence-electron chi connectivity index (χ2n) is 4.96. The highest BCUT2D eigenvalue weighted by atomic mass is 19.3. The average molecular weight is 255 g/mol. The Morgan fingerprint density at radius 2 is 1.94 bits per heavy atom. The fraction of sp³-hybridized carbons (Fsp3) is 0.571. The summed E-state index contributed by atoms with van der Waals surface area (Å²) in [7, 11) is 0. The Balaban J connectivity index is 2.14. The van der Waals surface area contributed by atoms with Crippen molar-refractivity contribution in [2.24, 2.45) is 5.92 Å². The van der Waals surface area contributed by atoms with E-state index in [1.54, 1.807) is 12.1 Å². The van der Waals surface area contributed by atoms with Crippen molar-refractivity contribution in [1.29, 1.82) is 0 Å². The molecule has 18 heavy (non-hydrogen) atoms. The second-order valence-corrected chi connectivity index (χ2v) is 4.96. The van der Waals surface area contributed by atoms with Crippen molar-refractivity contribution in [3.05, 3.63) is 35.4 Å². The number of rotatable bonds is 3. The van der Waals surface area contributed by atoms with E-state index >= 15 is 0 Å². The third-order valence-corrected chi connectivity index (χ3v) is 3.32. The molecule has 2 rings (SSSR count). The maximum atomic E-state index is 13.8. The van der Waals surface area contributed by atoms with Crippen molar-refractivity contribution in [1.82, 2.24) is 5.32 Å². The van der Waals surface area contributed by atoms with Gasteiger partial charge in [0, 0.05) is 24.6 Å². The highest BCUT2D eigenvalue weighted by Crippen LogP contribution is 2.36. The van der Waals surface area contributed by atoms with Gasteiger partial charge < -0.3 is 10.1 Å². The fourth-order valence-corrected chi connectivity index (χ4v) is 2.03. The second kappa shape index (κ2) is 5.33. The largest absolute Gasteiger partial charge is 0.371 e. The minimum atomic E-state index is -2.77. The number of hydrogen-bond donors (Lipinski definition) is 1. The van der Waals surface area contributed by atoms with Gasteiger partial charge in [0.25, 0.3) is 5.92 Å². The fourth-order valence-electron chi connectivity index (χ4n) is 2.03. The first kappa shape index (κ1) is 13.4. The number of morpholine rings is 1. The first-order valence-corrected chi connectivity index (χ1v) is 6.32. The van der Waals surface area contributed by atoms with Gasteiger partial charge in [0.1, 0.15) is 0 Å². The average Bonchev–Trinajstić information content (AvgIpc) is 2.40. The lowest BCUT2D eigenvalue weighted by Crippen LogP contribution is -2.33. The standard InChI is InChI=1S/C14H19F2NO/c1-10(2)14(15,16)12-5-3-11(4-6-12)13-9-17-7-8-18-13/h3-6,10,13,17H,7-9H2,1-2H3. The van der Waals surface area contributed by atoms with E-state index in [2.05, 4.69) is 5.32 Å². The van der Waals surface area contributed by atoms with Gasteiger partial charge >= 0.3 is 0 Å². The molecular weight excluding hydrogens is 236 g/mol. The van der Waals surface area contributed by atoms with Gasteiger partial charge in [0.2, 0.25) is 0 Å². The van der Waals surface area contributed by atoms with Crippen LogP contribution in [0.1, 0.15) is 31.1 Å². The van der Waals surface area contributed by atoms with E-state index in [0.29, 0.717) is 6.61 Å². The molecule has 100 valence electrons. The van der Waals surface area contributed by atoms with Gasteiger partial charge in [-0.05, 0) is 5.56 Å². The minimum Gasteiger partial charge on any atom is -0.371 e. The maximum Gasteiger partial charge on any atom is 0.275 e. The zero-order valence-corrected chi connectivity index (χ0v) is 10.7. The number of halogens is 2. The summed E-state index contributed by atoms with van der Waals surface area (Å²) in [6, 6.07) is 6.49. The highest BCUT2D eigenvalue weighted by molar-refractivity contribution is 5.28. The zero-order chi connectivity index (χ0) is 13.2. The summed E-state index contributed by atoms with van der Waals surface area (Å²) in [6.45, 7) is 5.30. The van der Waals surface area contributed by atoms with Crippen molar-refractivity contribution < 1.29 is 13.5 Å². The SMILES string of the molecule is CC(C)C(F)(F)c1ccc(C2CNCCO2)cc1. The van der Waals surface area contributed by atoms with Crippen LogP contribution in [0.3, 0.4) is 0 Å². The summed E-state index contributed by atoms with van der Waals surface area (Å²) in [4.78, 5) is 0. The lowest BCUT2D eigenvalue weighted by atomic mass is 9.96. The van der Waals surface area contributed by atoms with E-state index in [0.717, 1.165) is 18.7 Å². The summed E-state index contributed by atoms with van der Waals surface area (Å²) < 4.78 is 33.2. The van der Waals surface area contributed by atoms with Gasteiger partial charge in [-0.15, -0.1) is 0 Å². The number of hydrogen-bond acceptors (Lipinski definition) is 2. The Hall–Kier alpha value is -1.00. The Labute approximate surface area is 106 Å². The topological polar surface area (TPSA) is 21.3 Å². The minimum absolute atomic E-state index is 0.0273. The van der Waals surface area contributed by atoms with E-state index in [1.807, 2.05) is 0 Å². The summed E-state index contributed by atoms with van der Waals surface area (Å²) >= 11 is 0. The number of alkyl halides is 2. The van der Waals surface area contributed by atoms with Gasteiger partial charge in [-0.25, -0.2) is 8.78 Å². The summed E-state index contributed by atoms with van der Waals surface area (Å²) in [5.41, 5.74) is 1.02. The van der Waals surface area contributed by atoms with Crippen LogP contribution in [-0.4, -0.2) is 19.7 Å². The zero-order valence-electron chi connectivity index (χ0n) is 10.7. The molecule has 0 amide bonds. The molecule has 1 fully saturated rings. The van der Waals surface area contributed by atoms with Crippen LogP contribution in [0.5, 0.6) is 0 Å². The van der Waals surface area contributed by atoms with Gasteiger partial charge in [0.15, 0.2) is 0 Å². The van der Waals surface area contributed by atoms with Crippen molar-refractivity contribution >= 4 is 0 Å². The predicted octanol–water partition coefficient (Wildman–Crippen LogP) is 3.10. The molecule has 4 heteroatoms. The van der Waals surface area contributed by atoms with Crippen molar-refractivity contribution in [3.63, 3.8) is 0 Å². The van der Waals surface area contributed by atoms with Crippen LogP contribution in [0.15, 0.2) is 24.3 Å². The van der Waals surface area contributed by atoms with Gasteiger partial charge in [0.05, 0.1) is 12.7 Å². The van der Waals surface area contributed by atoms with Crippen LogP contribution in [0.25, 0.3) is 0 Å². The Bertz CT molecular complexity index is 383. The summed E-state index contributed by atoms with van der Waals surface area (Å²) in [5.74, 6) is -3.47. The van der Waals surface area contributed by atoms with Gasteiger partial charge in [-0.2, -0.15) is 0 Å². The Kier molecular flexibility index (Phi) is 3.97. The molecule has 0 spiro atoms. The van der Waals surface area contributed by atoms with E-state index in [-0.39, 0.29) is 11.7 Å². The third-order valence-electron chi connectivity index (χ3n) is 3.32. The van der Waals surface area contributed by atoms with E-state index < -0.39 is 11.8 Å². The Morgan fingerprint density at radius 3 is 2.44 bits per heavy atom. The molecule has 1 aromatic carbocycles. The monoisotopic (exact) mass is 255 g/mol. The van der Waals surface area contributed by atoms with E-state index in [4.69, 9.17) is 4.74 Å². The molecule has 0 aliphatic carbocycles. The Morgan fingerprint density at radius 1 is 1.28 bits per heavy atom. The van der Waals surface area contributed by atoms with Gasteiger partial charge in [-0.3, -0.25) is 0 Å². The third kappa shape index (κ3) is 2.70. The molecule has 1 atom stereocenters. The lowest BCUT2D eigenvalue weighted by Gasteiger charge is -2.25. The number of ether oxygens (including phenoxy) is 1. The summed E-state index contributed by atoms with van der Waals surface area (Å²) in [6.07, 6.45) is -0.0273. The molecule has 1 aliphatic rings. The predicted molar refractivity (Wildman–Crippen MR) is 66.7 cm³/mol. The molecule has 1 aromatic rings. The molecule has 1 aliphatic heterocycles. The van der Waals surface area contributed by atoms with Crippen molar-refractivity contribution in [2.75, 3.05) is 19.7 Å². The van der Waals surface area contributed by atoms with Crippen LogP contribution in [-0.2, 0) is 10.7 Å². The van der Waals surface area contributed by atoms with Crippen molar-refractivity contribution in [3.8, 4) is 0 Å². The van der Waals surface area contributed by atoms with Crippen LogP contribution in [0, 0.1) is 5.92 Å². The molecule has 1 N–H and O–H groups in total. The molecule has 0 radical (unpaired) electrons. The van der Waals surface area contributed by atoms with E-state index in [9.17, 15) is 8.78 Å². The maximum absolute atomic E-state index is 13.8. The van der Waals surface area contributed by atoms with Crippen LogP contribution < -0.4 is 5.32 Å². The van der Waals surface area contributed by atoms with Crippen LogP contribution in [0.2, 0.25) is 0 Å². The van der Waals surface area contributed by atoms with E-state index in [1.165, 1.54) is 26.0 Å². The molecule has 1 heterocycles. The van der Waals surface area contributed by atoms with Crippen molar-refractivity contribution in [2.45, 2.75) is 25.9 Å². The molecule has 0 saturated carbocycles. The van der Waals surface area contributed by atoms with Crippen LogP contribution in [0.4, 0.5) is 8.78 Å².